The Labute approximate surface area is 404 Å². The Kier molecular flexibility index (Phi) is 13.3. The first kappa shape index (κ1) is 46.3. The van der Waals surface area contributed by atoms with Gasteiger partial charge in [-0.15, -0.1) is 54.1 Å². The van der Waals surface area contributed by atoms with Gasteiger partial charge in [-0.25, -0.2) is 0 Å². The van der Waals surface area contributed by atoms with E-state index in [-0.39, 0.29) is 25.5 Å². The fourth-order valence-corrected chi connectivity index (χ4v) is 10.3. The molecule has 1 radical (unpaired) electrons. The predicted octanol–water partition coefficient (Wildman–Crippen LogP) is 15.0. The Balaban J connectivity index is 0.000000238. The van der Waals surface area contributed by atoms with Gasteiger partial charge in [0.15, 0.2) is 0 Å². The zero-order valence-electron chi connectivity index (χ0n) is 39.3. The topological polar surface area (TPSA) is 56.7 Å². The summed E-state index contributed by atoms with van der Waals surface area (Å²) in [5.74, 6) is 1.44. The van der Waals surface area contributed by atoms with Crippen LogP contribution in [0.15, 0.2) is 162 Å². The predicted molar refractivity (Wildman–Crippen MR) is 275 cm³/mol. The van der Waals surface area contributed by atoms with E-state index in [4.69, 9.17) is 14.4 Å². The van der Waals surface area contributed by atoms with Gasteiger partial charge in [-0.3, -0.25) is 9.97 Å². The molecule has 5 nitrogen and oxygen atoms in total. The van der Waals surface area contributed by atoms with Crippen LogP contribution in [0.5, 0.6) is 0 Å². The molecule has 7 heteroatoms. The quantitative estimate of drug-likeness (QED) is 0.112. The fourth-order valence-electron chi connectivity index (χ4n) is 8.76. The van der Waals surface area contributed by atoms with Crippen molar-refractivity contribution in [1.82, 2.24) is 19.5 Å². The summed E-state index contributed by atoms with van der Waals surface area (Å²) in [4.78, 5) is 14.8. The van der Waals surface area contributed by atoms with E-state index in [9.17, 15) is 0 Å². The number of hydrogen-bond acceptors (Lipinski definition) is 4. The monoisotopic (exact) mass is 1060 g/mol. The number of imidazole rings is 1. The molecule has 0 atom stereocenters. The molecule has 4 heterocycles. The Hall–Kier alpha value is -6.24. The first-order valence-corrected chi connectivity index (χ1v) is 26.2. The Bertz CT molecular complexity index is 3230. The maximum atomic E-state index is 6.53. The smallest absolute Gasteiger partial charge is 0.139 e. The molecule has 0 aliphatic carbocycles. The third-order valence-corrected chi connectivity index (χ3v) is 14.0. The zero-order valence-corrected chi connectivity index (χ0v) is 42.7. The number of hydrogen-bond donors (Lipinski definition) is 0. The normalized spacial score (nSPS) is 11.8. The van der Waals surface area contributed by atoms with Gasteiger partial charge in [-0.1, -0.05) is 144 Å². The average Bonchev–Trinajstić information content (AvgIpc) is 3.87. The SMILES string of the molecule is CC(C)Cc1cc(-c2[c-]cccc2)ncc1[Si](C)(C)C.Cc1ccc2oc3c(-c4nc5ccccc5n4-c4c(-c5ccccc5)cc(C(C)(C)C)cc4-c4ccccc4)[c-]ccc3c2n1.[Ir]. The number of aromatic nitrogens is 4. The van der Waals surface area contributed by atoms with Crippen molar-refractivity contribution in [2.24, 2.45) is 5.92 Å². The molecule has 10 rings (SSSR count). The third-order valence-electron chi connectivity index (χ3n) is 12.0. The third kappa shape index (κ3) is 9.39. The van der Waals surface area contributed by atoms with Crippen LogP contribution in [-0.2, 0) is 31.9 Å². The summed E-state index contributed by atoms with van der Waals surface area (Å²) in [6, 6.07) is 59.5. The molecule has 66 heavy (non-hydrogen) atoms. The van der Waals surface area contributed by atoms with E-state index in [0.717, 1.165) is 95.8 Å². The van der Waals surface area contributed by atoms with E-state index in [1.807, 2.05) is 55.5 Å². The second kappa shape index (κ2) is 18.9. The maximum Gasteiger partial charge on any atom is 0.139 e. The molecule has 0 saturated heterocycles. The van der Waals surface area contributed by atoms with Crippen LogP contribution >= 0.6 is 0 Å². The van der Waals surface area contributed by atoms with E-state index < -0.39 is 8.07 Å². The molecule has 10 aromatic rings. The second-order valence-corrected chi connectivity index (χ2v) is 24.5. The minimum Gasteiger partial charge on any atom is -0.499 e. The molecule has 0 amide bonds. The summed E-state index contributed by atoms with van der Waals surface area (Å²) in [6.07, 6.45) is 3.24. The van der Waals surface area contributed by atoms with Crippen LogP contribution in [0.2, 0.25) is 19.6 Å². The van der Waals surface area contributed by atoms with Crippen molar-refractivity contribution in [2.45, 2.75) is 73.0 Å². The van der Waals surface area contributed by atoms with Gasteiger partial charge in [0.05, 0.1) is 41.7 Å². The molecule has 0 bridgehead atoms. The first-order valence-electron chi connectivity index (χ1n) is 22.7. The van der Waals surface area contributed by atoms with Crippen molar-refractivity contribution in [3.05, 3.63) is 187 Å². The van der Waals surface area contributed by atoms with E-state index in [1.54, 1.807) is 0 Å². The van der Waals surface area contributed by atoms with Crippen molar-refractivity contribution >= 4 is 46.4 Å². The summed E-state index contributed by atoms with van der Waals surface area (Å²) >= 11 is 0. The van der Waals surface area contributed by atoms with E-state index in [2.05, 4.69) is 185 Å². The summed E-state index contributed by atoms with van der Waals surface area (Å²) in [5.41, 5.74) is 16.4. The van der Waals surface area contributed by atoms with Gasteiger partial charge in [0.25, 0.3) is 0 Å². The number of para-hydroxylation sites is 2. The van der Waals surface area contributed by atoms with Crippen molar-refractivity contribution in [2.75, 3.05) is 0 Å². The number of aryl methyl sites for hydroxylation is 1. The van der Waals surface area contributed by atoms with Crippen molar-refractivity contribution < 1.29 is 24.5 Å². The number of benzene rings is 6. The molecule has 333 valence electrons. The van der Waals surface area contributed by atoms with Gasteiger partial charge in [0.2, 0.25) is 0 Å². The van der Waals surface area contributed by atoms with E-state index in [1.165, 1.54) is 16.3 Å². The number of pyridine rings is 2. The maximum absolute atomic E-state index is 6.53. The molecule has 0 saturated carbocycles. The van der Waals surface area contributed by atoms with E-state index in [0.29, 0.717) is 5.92 Å². The fraction of sp³-hybridized carbons (Fsp3) is 0.203. The summed E-state index contributed by atoms with van der Waals surface area (Å²) in [6.45, 7) is 20.6. The largest absolute Gasteiger partial charge is 0.499 e. The minimum absolute atomic E-state index is 0. The standard InChI is InChI=1S/C41H32N3O.C18H24NSi.Ir/c1-26-22-23-36-37(42-26)30-18-13-19-31(39(30)45-36)40-43-34-20-11-12-21-35(34)44(40)38-32(27-14-7-5-8-15-27)24-29(41(2,3)4)25-33(38)28-16-9-6-10-17-28;1-14(2)11-16-12-17(15-9-7-6-8-10-15)19-13-18(16)20(3,4)5;/h5-18,20-25H,1-4H3;6-9,12-14H,11H2,1-5H3;/q2*-1;. The first-order chi connectivity index (χ1) is 31.2. The number of rotatable bonds is 8. The Morgan fingerprint density at radius 1 is 0.712 bits per heavy atom. The molecular weight excluding hydrogens is 1000 g/mol. The summed E-state index contributed by atoms with van der Waals surface area (Å²) in [7, 11) is -1.34. The number of fused-ring (bicyclic) bond motifs is 4. The molecule has 0 unspecified atom stereocenters. The van der Waals surface area contributed by atoms with Crippen molar-refractivity contribution in [3.8, 4) is 50.6 Å². The van der Waals surface area contributed by atoms with Gasteiger partial charge < -0.3 is 14.0 Å². The molecular formula is C59H56IrN4OSi-2. The Morgan fingerprint density at radius 3 is 1.98 bits per heavy atom. The molecule has 6 aromatic carbocycles. The van der Waals surface area contributed by atoms with Crippen molar-refractivity contribution in [1.29, 1.82) is 0 Å². The summed E-state index contributed by atoms with van der Waals surface area (Å²) < 4.78 is 8.84. The van der Waals surface area contributed by atoms with Crippen LogP contribution < -0.4 is 5.19 Å². The van der Waals surface area contributed by atoms with Crippen LogP contribution in [0.4, 0.5) is 0 Å². The number of furan rings is 1. The molecule has 0 spiro atoms. The van der Waals surface area contributed by atoms with E-state index >= 15 is 0 Å². The van der Waals surface area contributed by atoms with Gasteiger partial charge in [0.1, 0.15) is 5.58 Å². The average molecular weight is 1060 g/mol. The van der Waals surface area contributed by atoms with Crippen LogP contribution in [0.25, 0.3) is 83.7 Å². The van der Waals surface area contributed by atoms with Crippen molar-refractivity contribution in [3.63, 3.8) is 0 Å². The van der Waals surface area contributed by atoms with Gasteiger partial charge >= 0.3 is 0 Å². The van der Waals surface area contributed by atoms with Gasteiger partial charge in [-0.05, 0) is 94.0 Å². The van der Waals surface area contributed by atoms with Crippen LogP contribution in [-0.4, -0.2) is 27.6 Å². The van der Waals surface area contributed by atoms with Crippen LogP contribution in [0.1, 0.15) is 51.4 Å². The zero-order chi connectivity index (χ0) is 45.5. The Morgan fingerprint density at radius 2 is 1.36 bits per heavy atom. The summed E-state index contributed by atoms with van der Waals surface area (Å²) in [5, 5.41) is 2.45. The molecule has 0 fully saturated rings. The molecule has 4 aromatic heterocycles. The van der Waals surface area contributed by atoms with Gasteiger partial charge in [0, 0.05) is 43.1 Å². The minimum atomic E-state index is -1.34. The second-order valence-electron chi connectivity index (χ2n) is 19.5. The van der Waals surface area contributed by atoms with Gasteiger partial charge in [-0.2, -0.15) is 0 Å². The van der Waals surface area contributed by atoms with Crippen LogP contribution in [0, 0.1) is 25.0 Å². The van der Waals surface area contributed by atoms with Crippen LogP contribution in [0.3, 0.4) is 0 Å². The molecule has 0 aliphatic heterocycles. The number of nitrogens with zero attached hydrogens (tertiary/aromatic N) is 4. The molecule has 0 N–H and O–H groups in total. The molecule has 0 aliphatic rings.